The SMILES string of the molecule is O=CNc1ccccc1C(=O)NC1CCCCC1. The summed E-state index contributed by atoms with van der Waals surface area (Å²) >= 11 is 0. The van der Waals surface area contributed by atoms with Gasteiger partial charge in [-0.15, -0.1) is 0 Å². The molecule has 2 rings (SSSR count). The number of carbonyl (C=O) groups is 2. The van der Waals surface area contributed by atoms with Gasteiger partial charge in [-0.05, 0) is 25.0 Å². The molecule has 1 aliphatic carbocycles. The van der Waals surface area contributed by atoms with Gasteiger partial charge in [0.05, 0.1) is 11.3 Å². The quantitative estimate of drug-likeness (QED) is 0.801. The van der Waals surface area contributed by atoms with E-state index in [2.05, 4.69) is 10.6 Å². The van der Waals surface area contributed by atoms with E-state index in [9.17, 15) is 9.59 Å². The molecule has 1 saturated carbocycles. The summed E-state index contributed by atoms with van der Waals surface area (Å²) in [6.07, 6.45) is 6.31. The molecular formula is C14H18N2O2. The van der Waals surface area contributed by atoms with Gasteiger partial charge < -0.3 is 10.6 Å². The first-order chi connectivity index (χ1) is 8.81. The number of hydrogen-bond donors (Lipinski definition) is 2. The van der Waals surface area contributed by atoms with Gasteiger partial charge in [0.15, 0.2) is 0 Å². The van der Waals surface area contributed by atoms with E-state index in [-0.39, 0.29) is 11.9 Å². The van der Waals surface area contributed by atoms with Gasteiger partial charge in [-0.2, -0.15) is 0 Å². The molecule has 0 saturated heterocycles. The predicted molar refractivity (Wildman–Crippen MR) is 70.5 cm³/mol. The van der Waals surface area contributed by atoms with Crippen molar-refractivity contribution in [3.05, 3.63) is 29.8 Å². The number of carbonyl (C=O) groups excluding carboxylic acids is 2. The molecule has 0 unspecified atom stereocenters. The molecule has 2 amide bonds. The Morgan fingerprint density at radius 1 is 1.17 bits per heavy atom. The van der Waals surface area contributed by atoms with Crippen LogP contribution < -0.4 is 10.6 Å². The van der Waals surface area contributed by atoms with Crippen molar-refractivity contribution in [1.82, 2.24) is 5.32 Å². The van der Waals surface area contributed by atoms with Gasteiger partial charge in [0.2, 0.25) is 6.41 Å². The molecule has 1 aliphatic rings. The fraction of sp³-hybridized carbons (Fsp3) is 0.429. The molecule has 0 aromatic heterocycles. The largest absolute Gasteiger partial charge is 0.349 e. The van der Waals surface area contributed by atoms with Crippen LogP contribution in [-0.4, -0.2) is 18.4 Å². The third-order valence-electron chi connectivity index (χ3n) is 3.33. The third-order valence-corrected chi connectivity index (χ3v) is 3.33. The summed E-state index contributed by atoms with van der Waals surface area (Å²) in [6.45, 7) is 0. The van der Waals surface area contributed by atoms with Crippen molar-refractivity contribution in [3.8, 4) is 0 Å². The van der Waals surface area contributed by atoms with Gasteiger partial charge in [-0.25, -0.2) is 0 Å². The lowest BCUT2D eigenvalue weighted by Gasteiger charge is -2.23. The molecule has 18 heavy (non-hydrogen) atoms. The minimum absolute atomic E-state index is 0.105. The highest BCUT2D eigenvalue weighted by molar-refractivity contribution is 6.01. The number of benzene rings is 1. The molecule has 0 spiro atoms. The van der Waals surface area contributed by atoms with E-state index in [4.69, 9.17) is 0 Å². The molecule has 0 bridgehead atoms. The van der Waals surface area contributed by atoms with Crippen molar-refractivity contribution in [2.75, 3.05) is 5.32 Å². The van der Waals surface area contributed by atoms with E-state index >= 15 is 0 Å². The van der Waals surface area contributed by atoms with Crippen LogP contribution in [0.25, 0.3) is 0 Å². The van der Waals surface area contributed by atoms with E-state index in [0.717, 1.165) is 12.8 Å². The van der Waals surface area contributed by atoms with Crippen molar-refractivity contribution < 1.29 is 9.59 Å². The Hall–Kier alpha value is -1.84. The molecule has 1 fully saturated rings. The zero-order valence-electron chi connectivity index (χ0n) is 10.3. The lowest BCUT2D eigenvalue weighted by atomic mass is 9.95. The maximum atomic E-state index is 12.1. The van der Waals surface area contributed by atoms with E-state index in [0.29, 0.717) is 17.7 Å². The number of para-hydroxylation sites is 1. The molecule has 1 aromatic carbocycles. The fourth-order valence-electron chi connectivity index (χ4n) is 2.38. The zero-order chi connectivity index (χ0) is 12.8. The summed E-state index contributed by atoms with van der Waals surface area (Å²) < 4.78 is 0. The van der Waals surface area contributed by atoms with Crippen molar-refractivity contribution in [1.29, 1.82) is 0 Å². The normalized spacial score (nSPS) is 16.0. The van der Waals surface area contributed by atoms with Crippen LogP contribution in [0.4, 0.5) is 5.69 Å². The minimum Gasteiger partial charge on any atom is -0.349 e. The average molecular weight is 246 g/mol. The Bertz CT molecular complexity index is 426. The first-order valence-electron chi connectivity index (χ1n) is 6.41. The first-order valence-corrected chi connectivity index (χ1v) is 6.41. The Morgan fingerprint density at radius 2 is 1.89 bits per heavy atom. The number of hydrogen-bond acceptors (Lipinski definition) is 2. The maximum Gasteiger partial charge on any atom is 0.253 e. The molecule has 4 nitrogen and oxygen atoms in total. The molecule has 0 aliphatic heterocycles. The van der Waals surface area contributed by atoms with Crippen LogP contribution in [-0.2, 0) is 4.79 Å². The molecule has 0 atom stereocenters. The van der Waals surface area contributed by atoms with Gasteiger partial charge in [-0.1, -0.05) is 31.4 Å². The molecule has 0 radical (unpaired) electrons. The van der Waals surface area contributed by atoms with Gasteiger partial charge in [-0.3, -0.25) is 9.59 Å². The fourth-order valence-corrected chi connectivity index (χ4v) is 2.38. The van der Waals surface area contributed by atoms with Crippen LogP contribution >= 0.6 is 0 Å². The van der Waals surface area contributed by atoms with Crippen LogP contribution in [0.15, 0.2) is 24.3 Å². The molecule has 1 aromatic rings. The summed E-state index contributed by atoms with van der Waals surface area (Å²) in [5.41, 5.74) is 1.08. The van der Waals surface area contributed by atoms with Gasteiger partial charge in [0, 0.05) is 6.04 Å². The van der Waals surface area contributed by atoms with Gasteiger partial charge >= 0.3 is 0 Å². The van der Waals surface area contributed by atoms with E-state index in [1.807, 2.05) is 0 Å². The highest BCUT2D eigenvalue weighted by Gasteiger charge is 2.18. The third kappa shape index (κ3) is 3.09. The summed E-state index contributed by atoms with van der Waals surface area (Å²) in [4.78, 5) is 22.6. The smallest absolute Gasteiger partial charge is 0.253 e. The zero-order valence-corrected chi connectivity index (χ0v) is 10.3. The predicted octanol–water partition coefficient (Wildman–Crippen LogP) is 2.32. The van der Waals surface area contributed by atoms with E-state index in [1.54, 1.807) is 24.3 Å². The van der Waals surface area contributed by atoms with Gasteiger partial charge in [0.25, 0.3) is 5.91 Å². The Kier molecular flexibility index (Phi) is 4.34. The number of nitrogens with one attached hydrogen (secondary N) is 2. The Morgan fingerprint density at radius 3 is 2.61 bits per heavy atom. The molecule has 2 N–H and O–H groups in total. The Labute approximate surface area is 107 Å². The summed E-state index contributed by atoms with van der Waals surface area (Å²) in [7, 11) is 0. The van der Waals surface area contributed by atoms with E-state index < -0.39 is 0 Å². The second-order valence-electron chi connectivity index (χ2n) is 4.62. The summed E-state index contributed by atoms with van der Waals surface area (Å²) in [5.74, 6) is -0.105. The standard InChI is InChI=1S/C14H18N2O2/c17-10-15-13-9-5-4-8-12(13)14(18)16-11-6-2-1-3-7-11/h4-5,8-11H,1-3,6-7H2,(H,15,17)(H,16,18). The molecule has 0 heterocycles. The van der Waals surface area contributed by atoms with Crippen molar-refractivity contribution in [2.45, 2.75) is 38.1 Å². The monoisotopic (exact) mass is 246 g/mol. The van der Waals surface area contributed by atoms with Crippen molar-refractivity contribution >= 4 is 18.0 Å². The molecular weight excluding hydrogens is 228 g/mol. The van der Waals surface area contributed by atoms with Crippen LogP contribution in [0.1, 0.15) is 42.5 Å². The lowest BCUT2D eigenvalue weighted by molar-refractivity contribution is -0.105. The Balaban J connectivity index is 2.05. The first kappa shape index (κ1) is 12.6. The lowest BCUT2D eigenvalue weighted by Crippen LogP contribution is -2.36. The van der Waals surface area contributed by atoms with Crippen LogP contribution in [0.3, 0.4) is 0 Å². The highest BCUT2D eigenvalue weighted by atomic mass is 16.2. The topological polar surface area (TPSA) is 58.2 Å². The van der Waals surface area contributed by atoms with Crippen LogP contribution in [0.5, 0.6) is 0 Å². The second kappa shape index (κ2) is 6.19. The highest BCUT2D eigenvalue weighted by Crippen LogP contribution is 2.19. The van der Waals surface area contributed by atoms with E-state index in [1.165, 1.54) is 19.3 Å². The van der Waals surface area contributed by atoms with Gasteiger partial charge in [0.1, 0.15) is 0 Å². The van der Waals surface area contributed by atoms with Crippen molar-refractivity contribution in [2.24, 2.45) is 0 Å². The number of anilines is 1. The summed E-state index contributed by atoms with van der Waals surface area (Å²) in [5, 5.41) is 5.59. The number of amides is 2. The average Bonchev–Trinajstić information content (AvgIpc) is 2.41. The minimum atomic E-state index is -0.105. The number of rotatable bonds is 4. The molecule has 4 heteroatoms. The summed E-state index contributed by atoms with van der Waals surface area (Å²) in [6, 6.07) is 7.32. The van der Waals surface area contributed by atoms with Crippen LogP contribution in [0, 0.1) is 0 Å². The second-order valence-corrected chi connectivity index (χ2v) is 4.62. The van der Waals surface area contributed by atoms with Crippen LogP contribution in [0.2, 0.25) is 0 Å². The van der Waals surface area contributed by atoms with Crippen molar-refractivity contribution in [3.63, 3.8) is 0 Å². The molecule has 96 valence electrons. The maximum absolute atomic E-state index is 12.1.